The van der Waals surface area contributed by atoms with Crippen molar-refractivity contribution in [1.29, 1.82) is 0 Å². The fourth-order valence-electron chi connectivity index (χ4n) is 2.08. The summed E-state index contributed by atoms with van der Waals surface area (Å²) in [5.74, 6) is 0.0419. The summed E-state index contributed by atoms with van der Waals surface area (Å²) in [5.41, 5.74) is 3.14. The number of rotatable bonds is 7. The second-order valence-electron chi connectivity index (χ2n) is 4.47. The molecule has 0 saturated carbocycles. The van der Waals surface area contributed by atoms with Crippen molar-refractivity contribution in [3.05, 3.63) is 34.4 Å². The second-order valence-corrected chi connectivity index (χ2v) is 5.75. The molecule has 19 heavy (non-hydrogen) atoms. The molecule has 5 heteroatoms. The quantitative estimate of drug-likeness (QED) is 0.617. The van der Waals surface area contributed by atoms with Crippen LogP contribution in [0.4, 0.5) is 0 Å². The molecule has 0 radical (unpaired) electrons. The van der Waals surface area contributed by atoms with E-state index in [2.05, 4.69) is 6.92 Å². The van der Waals surface area contributed by atoms with Gasteiger partial charge in [0.1, 0.15) is 0 Å². The lowest BCUT2D eigenvalue weighted by Crippen LogP contribution is -2.05. The van der Waals surface area contributed by atoms with E-state index in [1.807, 2.05) is 13.0 Å². The molecule has 0 bridgehead atoms. The monoisotopic (exact) mass is 302 g/mol. The smallest absolute Gasteiger partial charge is 0.252 e. The van der Waals surface area contributed by atoms with Crippen LogP contribution in [0.25, 0.3) is 0 Å². The van der Waals surface area contributed by atoms with Crippen molar-refractivity contribution in [2.45, 2.75) is 45.3 Å². The van der Waals surface area contributed by atoms with Gasteiger partial charge in [0.2, 0.25) is 0 Å². The molecule has 0 spiro atoms. The van der Waals surface area contributed by atoms with Crippen LogP contribution in [0.2, 0.25) is 0 Å². The zero-order valence-corrected chi connectivity index (χ0v) is 12.8. The fourth-order valence-corrected chi connectivity index (χ4v) is 2.79. The average Bonchev–Trinajstić information content (AvgIpc) is 2.35. The van der Waals surface area contributed by atoms with Gasteiger partial charge in [0.25, 0.3) is 5.24 Å². The van der Waals surface area contributed by atoms with Crippen LogP contribution >= 0.6 is 11.6 Å². The zero-order chi connectivity index (χ0) is 14.4. The van der Waals surface area contributed by atoms with E-state index in [0.29, 0.717) is 5.56 Å². The largest absolute Gasteiger partial charge is 0.306 e. The third-order valence-corrected chi connectivity index (χ3v) is 3.86. The highest BCUT2D eigenvalue weighted by Crippen LogP contribution is 2.22. The van der Waals surface area contributed by atoms with Crippen molar-refractivity contribution >= 4 is 27.9 Å². The summed E-state index contributed by atoms with van der Waals surface area (Å²) in [7, 11) is 0. The molecule has 106 valence electrons. The van der Waals surface area contributed by atoms with Gasteiger partial charge in [0.05, 0.1) is 5.75 Å². The molecule has 0 aliphatic carbocycles. The summed E-state index contributed by atoms with van der Waals surface area (Å²) >= 11 is 3.66. The Morgan fingerprint density at radius 1 is 1.26 bits per heavy atom. The highest BCUT2D eigenvalue weighted by atomic mass is 35.5. The van der Waals surface area contributed by atoms with Crippen molar-refractivity contribution in [3.8, 4) is 0 Å². The maximum absolute atomic E-state index is 11.4. The van der Waals surface area contributed by atoms with Crippen molar-refractivity contribution in [2.75, 3.05) is 0 Å². The van der Waals surface area contributed by atoms with E-state index in [0.717, 1.165) is 42.4 Å². The first-order valence-electron chi connectivity index (χ1n) is 6.41. The number of benzene rings is 1. The second kappa shape index (κ2) is 7.78. The molecule has 0 aliphatic rings. The van der Waals surface area contributed by atoms with Gasteiger partial charge in [-0.3, -0.25) is 4.79 Å². The lowest BCUT2D eigenvalue weighted by Gasteiger charge is -2.13. The van der Waals surface area contributed by atoms with Crippen molar-refractivity contribution in [1.82, 2.24) is 0 Å². The predicted molar refractivity (Wildman–Crippen MR) is 79.1 cm³/mol. The van der Waals surface area contributed by atoms with Gasteiger partial charge in [-0.15, -0.1) is 0 Å². The van der Waals surface area contributed by atoms with Crippen LogP contribution < -0.4 is 0 Å². The third-order valence-electron chi connectivity index (χ3n) is 3.10. The van der Waals surface area contributed by atoms with E-state index in [4.69, 9.17) is 16.2 Å². The van der Waals surface area contributed by atoms with E-state index in [9.17, 15) is 9.00 Å². The molecule has 1 atom stereocenters. The number of carbonyl (C=O) groups is 1. The van der Waals surface area contributed by atoms with Crippen LogP contribution in [0.1, 0.15) is 53.7 Å². The van der Waals surface area contributed by atoms with Crippen molar-refractivity contribution in [3.63, 3.8) is 0 Å². The van der Waals surface area contributed by atoms with E-state index in [1.165, 1.54) is 0 Å². The van der Waals surface area contributed by atoms with Crippen molar-refractivity contribution in [2.24, 2.45) is 0 Å². The lowest BCUT2D eigenvalue weighted by atomic mass is 9.95. The van der Waals surface area contributed by atoms with E-state index >= 15 is 0 Å². The van der Waals surface area contributed by atoms with Crippen LogP contribution in [0, 0.1) is 0 Å². The van der Waals surface area contributed by atoms with Gasteiger partial charge in [-0.25, -0.2) is 4.21 Å². The van der Waals surface area contributed by atoms with Crippen LogP contribution in [0.3, 0.4) is 0 Å². The van der Waals surface area contributed by atoms with E-state index in [-0.39, 0.29) is 5.75 Å². The summed E-state index contributed by atoms with van der Waals surface area (Å²) < 4.78 is 20.1. The Bertz CT molecular complexity index is 486. The SMILES string of the molecule is CCCCc1cc(CC)c(C(=O)Cl)cc1CS(=O)O. The maximum Gasteiger partial charge on any atom is 0.252 e. The molecule has 0 saturated heterocycles. The van der Waals surface area contributed by atoms with Crippen LogP contribution in [-0.4, -0.2) is 14.0 Å². The molecule has 1 aromatic carbocycles. The molecule has 1 unspecified atom stereocenters. The summed E-state index contributed by atoms with van der Waals surface area (Å²) in [6.45, 7) is 4.06. The molecule has 0 aromatic heterocycles. The van der Waals surface area contributed by atoms with Gasteiger partial charge in [0.15, 0.2) is 11.1 Å². The summed E-state index contributed by atoms with van der Waals surface area (Å²) in [6, 6.07) is 3.63. The van der Waals surface area contributed by atoms with Crippen LogP contribution in [0.15, 0.2) is 12.1 Å². The Morgan fingerprint density at radius 3 is 2.42 bits per heavy atom. The minimum absolute atomic E-state index is 0.0419. The topological polar surface area (TPSA) is 54.4 Å². The Morgan fingerprint density at radius 2 is 1.95 bits per heavy atom. The number of hydrogen-bond acceptors (Lipinski definition) is 2. The number of unbranched alkanes of at least 4 members (excludes halogenated alkanes) is 1. The zero-order valence-electron chi connectivity index (χ0n) is 11.2. The van der Waals surface area contributed by atoms with Gasteiger partial charge < -0.3 is 4.55 Å². The van der Waals surface area contributed by atoms with Gasteiger partial charge >= 0.3 is 0 Å². The van der Waals surface area contributed by atoms with Gasteiger partial charge in [-0.2, -0.15) is 0 Å². The van der Waals surface area contributed by atoms with Gasteiger partial charge in [-0.05, 0) is 53.6 Å². The highest BCUT2D eigenvalue weighted by Gasteiger charge is 2.14. The summed E-state index contributed by atoms with van der Waals surface area (Å²) in [5, 5.41) is -0.510. The normalized spacial score (nSPS) is 12.4. The number of carbonyl (C=O) groups excluding carboxylic acids is 1. The third kappa shape index (κ3) is 4.71. The average molecular weight is 303 g/mol. The molecule has 1 rings (SSSR count). The molecule has 1 N–H and O–H groups in total. The minimum Gasteiger partial charge on any atom is -0.306 e. The molecule has 3 nitrogen and oxygen atoms in total. The molecular weight excluding hydrogens is 284 g/mol. The Hall–Kier alpha value is -0.710. The number of aryl methyl sites for hydroxylation is 2. The fraction of sp³-hybridized carbons (Fsp3) is 0.500. The Kier molecular flexibility index (Phi) is 6.69. The van der Waals surface area contributed by atoms with Crippen molar-refractivity contribution < 1.29 is 13.6 Å². The highest BCUT2D eigenvalue weighted by molar-refractivity contribution is 7.78. The molecule has 1 aromatic rings. The minimum atomic E-state index is -1.92. The van der Waals surface area contributed by atoms with Gasteiger partial charge in [0, 0.05) is 5.56 Å². The predicted octanol–water partition coefficient (Wildman–Crippen LogP) is 3.69. The van der Waals surface area contributed by atoms with Crippen LogP contribution in [-0.2, 0) is 29.7 Å². The maximum atomic E-state index is 11.4. The number of halogens is 1. The summed E-state index contributed by atoms with van der Waals surface area (Å²) in [6.07, 6.45) is 3.64. The molecule has 0 fully saturated rings. The lowest BCUT2D eigenvalue weighted by molar-refractivity contribution is 0.108. The number of hydrogen-bond donors (Lipinski definition) is 1. The first kappa shape index (κ1) is 16.3. The molecule has 0 aliphatic heterocycles. The van der Waals surface area contributed by atoms with E-state index in [1.54, 1.807) is 6.07 Å². The molecular formula is C14H19ClO3S. The van der Waals surface area contributed by atoms with Gasteiger partial charge in [-0.1, -0.05) is 26.3 Å². The Labute approximate surface area is 121 Å². The van der Waals surface area contributed by atoms with Crippen LogP contribution in [0.5, 0.6) is 0 Å². The summed E-state index contributed by atoms with van der Waals surface area (Å²) in [4.78, 5) is 11.4. The first-order chi connectivity index (χ1) is 8.99. The van der Waals surface area contributed by atoms with E-state index < -0.39 is 16.3 Å². The molecule has 0 heterocycles. The first-order valence-corrected chi connectivity index (χ1v) is 8.06. The Balaban J connectivity index is 3.25. The molecule has 0 amide bonds. The standard InChI is InChI=1S/C14H19ClO3S/c1-3-5-6-11-7-10(4-2)13(14(15)16)8-12(11)9-19(17)18/h7-8H,3-6,9H2,1-2H3,(H,17,18).